The van der Waals surface area contributed by atoms with Crippen LogP contribution in [0.15, 0.2) is 22.7 Å². The number of hydrogen-bond donors (Lipinski definition) is 1. The van der Waals surface area contributed by atoms with E-state index in [4.69, 9.17) is 5.11 Å². The van der Waals surface area contributed by atoms with Crippen LogP contribution >= 0.6 is 15.9 Å². The summed E-state index contributed by atoms with van der Waals surface area (Å²) in [6, 6.07) is 5.86. The molecule has 0 aliphatic heterocycles. The summed E-state index contributed by atoms with van der Waals surface area (Å²) in [4.78, 5) is 10.5. The van der Waals surface area contributed by atoms with Gasteiger partial charge in [-0.15, -0.1) is 5.10 Å². The molecule has 1 heterocycles. The van der Waals surface area contributed by atoms with Gasteiger partial charge in [-0.1, -0.05) is 15.9 Å². The van der Waals surface area contributed by atoms with Gasteiger partial charge in [-0.3, -0.25) is 4.79 Å². The second-order valence-electron chi connectivity index (χ2n) is 4.18. The zero-order chi connectivity index (χ0) is 13.8. The van der Waals surface area contributed by atoms with E-state index in [2.05, 4.69) is 31.5 Å². The largest absolute Gasteiger partial charge is 0.481 e. The highest BCUT2D eigenvalue weighted by Gasteiger charge is 2.11. The maximum Gasteiger partial charge on any atom is 0.303 e. The predicted octanol–water partition coefficient (Wildman–Crippen LogP) is 2.28. The molecular weight excluding hydrogens is 312 g/mol. The van der Waals surface area contributed by atoms with Gasteiger partial charge in [-0.25, -0.2) is 4.68 Å². The van der Waals surface area contributed by atoms with E-state index in [1.54, 1.807) is 4.68 Å². The number of halogens is 1. The Kier molecular flexibility index (Phi) is 4.26. The minimum absolute atomic E-state index is 0.110. The van der Waals surface area contributed by atoms with Gasteiger partial charge in [-0.05, 0) is 47.5 Å². The highest BCUT2D eigenvalue weighted by Crippen LogP contribution is 2.24. The molecule has 0 saturated heterocycles. The van der Waals surface area contributed by atoms with Crippen molar-refractivity contribution in [2.45, 2.75) is 26.3 Å². The molecule has 7 heteroatoms. The fourth-order valence-corrected chi connectivity index (χ4v) is 2.28. The quantitative estimate of drug-likeness (QED) is 0.912. The Morgan fingerprint density at radius 2 is 2.26 bits per heavy atom. The molecule has 100 valence electrons. The van der Waals surface area contributed by atoms with Crippen molar-refractivity contribution in [3.63, 3.8) is 0 Å². The molecule has 2 rings (SSSR count). The molecule has 1 N–H and O–H groups in total. The molecule has 0 aliphatic rings. The van der Waals surface area contributed by atoms with Crippen LogP contribution in [0.2, 0.25) is 0 Å². The number of rotatable bonds is 5. The Labute approximate surface area is 118 Å². The summed E-state index contributed by atoms with van der Waals surface area (Å²) in [5, 5.41) is 20.2. The maximum atomic E-state index is 10.5. The molecular formula is C12H13BrN4O2. The third-order valence-corrected chi connectivity index (χ3v) is 3.22. The van der Waals surface area contributed by atoms with Crippen LogP contribution in [0.4, 0.5) is 0 Å². The number of carboxylic acid groups (broad SMARTS) is 1. The van der Waals surface area contributed by atoms with Crippen LogP contribution < -0.4 is 0 Å². The maximum absolute atomic E-state index is 10.5. The van der Waals surface area contributed by atoms with Gasteiger partial charge in [0.2, 0.25) is 0 Å². The fraction of sp³-hybridized carbons (Fsp3) is 0.333. The number of aromatic nitrogens is 4. The van der Waals surface area contributed by atoms with E-state index in [0.29, 0.717) is 18.8 Å². The highest BCUT2D eigenvalue weighted by atomic mass is 79.9. The van der Waals surface area contributed by atoms with Gasteiger partial charge >= 0.3 is 5.97 Å². The Hall–Kier alpha value is -1.76. The number of aryl methyl sites for hydroxylation is 2. The first-order valence-corrected chi connectivity index (χ1v) is 6.61. The zero-order valence-electron chi connectivity index (χ0n) is 10.4. The van der Waals surface area contributed by atoms with Crippen LogP contribution in [0.3, 0.4) is 0 Å². The Morgan fingerprint density at radius 3 is 2.95 bits per heavy atom. The lowest BCUT2D eigenvalue weighted by molar-refractivity contribution is -0.137. The number of hydrogen-bond acceptors (Lipinski definition) is 4. The first-order valence-electron chi connectivity index (χ1n) is 5.82. The minimum atomic E-state index is -0.811. The first-order chi connectivity index (χ1) is 9.08. The first kappa shape index (κ1) is 13.7. The molecule has 0 saturated carbocycles. The molecule has 19 heavy (non-hydrogen) atoms. The minimum Gasteiger partial charge on any atom is -0.481 e. The Morgan fingerprint density at radius 1 is 1.47 bits per heavy atom. The molecule has 0 fully saturated rings. The van der Waals surface area contributed by atoms with E-state index in [1.165, 1.54) is 0 Å². The predicted molar refractivity (Wildman–Crippen MR) is 72.6 cm³/mol. The summed E-state index contributed by atoms with van der Waals surface area (Å²) in [5.41, 5.74) is 2.01. The molecule has 0 aliphatic carbocycles. The highest BCUT2D eigenvalue weighted by molar-refractivity contribution is 9.10. The second kappa shape index (κ2) is 5.92. The lowest BCUT2D eigenvalue weighted by Gasteiger charge is -2.06. The average molecular weight is 325 g/mol. The molecule has 2 aromatic rings. The van der Waals surface area contributed by atoms with Crippen molar-refractivity contribution in [2.24, 2.45) is 0 Å². The molecule has 1 aromatic heterocycles. The number of benzene rings is 1. The number of carbonyl (C=O) groups is 1. The van der Waals surface area contributed by atoms with Crippen molar-refractivity contribution >= 4 is 21.9 Å². The van der Waals surface area contributed by atoms with E-state index in [0.717, 1.165) is 15.6 Å². The van der Waals surface area contributed by atoms with Crippen molar-refractivity contribution in [3.05, 3.63) is 28.2 Å². The van der Waals surface area contributed by atoms with Crippen molar-refractivity contribution in [2.75, 3.05) is 0 Å². The molecule has 1 aromatic carbocycles. The molecule has 0 unspecified atom stereocenters. The van der Waals surface area contributed by atoms with Crippen LogP contribution in [0.5, 0.6) is 0 Å². The van der Waals surface area contributed by atoms with Gasteiger partial charge < -0.3 is 5.11 Å². The average Bonchev–Trinajstić information content (AvgIpc) is 2.77. The molecule has 0 radical (unpaired) electrons. The van der Waals surface area contributed by atoms with Crippen LogP contribution in [0.1, 0.15) is 18.4 Å². The summed E-state index contributed by atoms with van der Waals surface area (Å²) in [5.74, 6) is -0.148. The fourth-order valence-electron chi connectivity index (χ4n) is 1.81. The standard InChI is InChI=1S/C12H13BrN4O2/c1-8-7-9(13)4-5-10(8)12-14-15-16-17(12)6-2-3-11(18)19/h4-5,7H,2-3,6H2,1H3,(H,18,19). The molecule has 0 spiro atoms. The summed E-state index contributed by atoms with van der Waals surface area (Å²) < 4.78 is 2.64. The molecule has 6 nitrogen and oxygen atoms in total. The zero-order valence-corrected chi connectivity index (χ0v) is 12.0. The number of nitrogens with zero attached hydrogens (tertiary/aromatic N) is 4. The second-order valence-corrected chi connectivity index (χ2v) is 5.10. The smallest absolute Gasteiger partial charge is 0.303 e. The van der Waals surface area contributed by atoms with Gasteiger partial charge in [0.1, 0.15) is 0 Å². The molecule has 0 amide bonds. The lowest BCUT2D eigenvalue weighted by Crippen LogP contribution is -2.06. The van der Waals surface area contributed by atoms with Crippen molar-refractivity contribution in [3.8, 4) is 11.4 Å². The summed E-state index contributed by atoms with van der Waals surface area (Å²) in [6.07, 6.45) is 0.613. The van der Waals surface area contributed by atoms with E-state index in [1.807, 2.05) is 25.1 Å². The van der Waals surface area contributed by atoms with Crippen molar-refractivity contribution in [1.29, 1.82) is 0 Å². The van der Waals surface area contributed by atoms with Gasteiger partial charge in [0, 0.05) is 23.0 Å². The van der Waals surface area contributed by atoms with E-state index in [9.17, 15) is 4.79 Å². The summed E-state index contributed by atoms with van der Waals surface area (Å²) in [7, 11) is 0. The van der Waals surface area contributed by atoms with E-state index < -0.39 is 5.97 Å². The Bertz CT molecular complexity index is 597. The summed E-state index contributed by atoms with van der Waals surface area (Å²) >= 11 is 3.41. The SMILES string of the molecule is Cc1cc(Br)ccc1-c1nnnn1CCCC(=O)O. The lowest BCUT2D eigenvalue weighted by atomic mass is 10.1. The van der Waals surface area contributed by atoms with Crippen LogP contribution in [-0.2, 0) is 11.3 Å². The topological polar surface area (TPSA) is 80.9 Å². The number of aliphatic carboxylic acids is 1. The molecule has 0 bridgehead atoms. The van der Waals surface area contributed by atoms with Crippen molar-refractivity contribution in [1.82, 2.24) is 20.2 Å². The van der Waals surface area contributed by atoms with Gasteiger partial charge in [0.05, 0.1) is 0 Å². The van der Waals surface area contributed by atoms with Crippen LogP contribution in [0, 0.1) is 6.92 Å². The normalized spacial score (nSPS) is 10.6. The van der Waals surface area contributed by atoms with Gasteiger partial charge in [0.15, 0.2) is 5.82 Å². The van der Waals surface area contributed by atoms with Gasteiger partial charge in [0.25, 0.3) is 0 Å². The molecule has 0 atom stereocenters. The van der Waals surface area contributed by atoms with Crippen molar-refractivity contribution < 1.29 is 9.90 Å². The number of carboxylic acids is 1. The van der Waals surface area contributed by atoms with Crippen LogP contribution in [-0.4, -0.2) is 31.3 Å². The number of tetrazole rings is 1. The third kappa shape index (κ3) is 3.37. The Balaban J connectivity index is 2.21. The summed E-state index contributed by atoms with van der Waals surface area (Å²) in [6.45, 7) is 2.47. The monoisotopic (exact) mass is 324 g/mol. The van der Waals surface area contributed by atoms with E-state index >= 15 is 0 Å². The third-order valence-electron chi connectivity index (χ3n) is 2.72. The van der Waals surface area contributed by atoms with E-state index in [-0.39, 0.29) is 6.42 Å². The van der Waals surface area contributed by atoms with Crippen LogP contribution in [0.25, 0.3) is 11.4 Å². The van der Waals surface area contributed by atoms with Gasteiger partial charge in [-0.2, -0.15) is 0 Å².